The zero-order valence-corrected chi connectivity index (χ0v) is 13.4. The van der Waals surface area contributed by atoms with Crippen LogP contribution < -0.4 is 0 Å². The molecule has 114 valence electrons. The number of ketones is 1. The van der Waals surface area contributed by atoms with Crippen LogP contribution in [0.1, 0.15) is 32.3 Å². The molecule has 0 N–H and O–H groups in total. The van der Waals surface area contributed by atoms with Crippen LogP contribution >= 0.6 is 11.6 Å². The molecular weight excluding hydrogens is 288 g/mol. The average Bonchev–Trinajstić information content (AvgIpc) is 2.79. The Bertz CT molecular complexity index is 535. The molecule has 0 radical (unpaired) electrons. The molecule has 1 aromatic carbocycles. The van der Waals surface area contributed by atoms with Crippen molar-refractivity contribution in [1.29, 1.82) is 0 Å². The third-order valence-corrected chi connectivity index (χ3v) is 4.88. The molecule has 0 amide bonds. The fourth-order valence-corrected chi connectivity index (χ4v) is 3.44. The van der Waals surface area contributed by atoms with E-state index in [4.69, 9.17) is 16.3 Å². The van der Waals surface area contributed by atoms with Crippen molar-refractivity contribution in [1.82, 2.24) is 0 Å². The summed E-state index contributed by atoms with van der Waals surface area (Å²) in [7, 11) is 1.35. The number of hydrogen-bond acceptors (Lipinski definition) is 3. The minimum Gasteiger partial charge on any atom is -0.468 e. The smallest absolute Gasteiger partial charge is 0.319 e. The second-order valence-electron chi connectivity index (χ2n) is 6.05. The number of rotatable bonds is 4. The Morgan fingerprint density at radius 3 is 2.52 bits per heavy atom. The van der Waals surface area contributed by atoms with E-state index in [0.717, 1.165) is 12.0 Å². The molecule has 21 heavy (non-hydrogen) atoms. The van der Waals surface area contributed by atoms with Gasteiger partial charge < -0.3 is 4.74 Å². The van der Waals surface area contributed by atoms with E-state index >= 15 is 0 Å². The lowest BCUT2D eigenvalue weighted by Crippen LogP contribution is -2.42. The van der Waals surface area contributed by atoms with Gasteiger partial charge >= 0.3 is 5.97 Å². The second-order valence-corrected chi connectivity index (χ2v) is 6.48. The molecule has 1 fully saturated rings. The first kappa shape index (κ1) is 16.0. The van der Waals surface area contributed by atoms with E-state index in [1.54, 1.807) is 0 Å². The van der Waals surface area contributed by atoms with Gasteiger partial charge in [-0.2, -0.15) is 0 Å². The minimum atomic E-state index is -0.966. The summed E-state index contributed by atoms with van der Waals surface area (Å²) >= 11 is 5.88. The molecule has 0 aromatic heterocycles. The number of hydrogen-bond donors (Lipinski definition) is 0. The SMILES string of the molecule is COC(=O)C1(C(C)C)CCC(Cc2ccc(Cl)cc2)C1=O. The molecule has 4 heteroatoms. The highest BCUT2D eigenvalue weighted by Crippen LogP contribution is 2.46. The van der Waals surface area contributed by atoms with Crippen molar-refractivity contribution in [3.05, 3.63) is 34.9 Å². The van der Waals surface area contributed by atoms with E-state index < -0.39 is 5.41 Å². The molecule has 1 aliphatic carbocycles. The van der Waals surface area contributed by atoms with Crippen molar-refractivity contribution in [3.63, 3.8) is 0 Å². The van der Waals surface area contributed by atoms with Crippen LogP contribution in [-0.4, -0.2) is 18.9 Å². The second kappa shape index (κ2) is 6.18. The number of esters is 1. The molecule has 0 aliphatic heterocycles. The van der Waals surface area contributed by atoms with Gasteiger partial charge in [-0.3, -0.25) is 9.59 Å². The zero-order valence-electron chi connectivity index (χ0n) is 12.7. The van der Waals surface area contributed by atoms with Crippen LogP contribution in [0, 0.1) is 17.3 Å². The molecule has 2 rings (SSSR count). The van der Waals surface area contributed by atoms with Gasteiger partial charge in [0.15, 0.2) is 5.78 Å². The van der Waals surface area contributed by atoms with E-state index in [1.165, 1.54) is 7.11 Å². The molecule has 0 bridgehead atoms. The van der Waals surface area contributed by atoms with Crippen LogP contribution in [0.25, 0.3) is 0 Å². The van der Waals surface area contributed by atoms with Gasteiger partial charge in [-0.15, -0.1) is 0 Å². The maximum absolute atomic E-state index is 12.8. The van der Waals surface area contributed by atoms with Crippen molar-refractivity contribution in [3.8, 4) is 0 Å². The van der Waals surface area contributed by atoms with Gasteiger partial charge in [0.25, 0.3) is 0 Å². The predicted molar refractivity (Wildman–Crippen MR) is 82.2 cm³/mol. The lowest BCUT2D eigenvalue weighted by atomic mass is 9.74. The molecular formula is C17H21ClO3. The number of carbonyl (C=O) groups is 2. The number of benzene rings is 1. The normalized spacial score (nSPS) is 25.4. The molecule has 0 heterocycles. The van der Waals surface area contributed by atoms with Gasteiger partial charge in [0, 0.05) is 10.9 Å². The van der Waals surface area contributed by atoms with Crippen molar-refractivity contribution in [2.45, 2.75) is 33.1 Å². The van der Waals surface area contributed by atoms with Gasteiger partial charge in [0.2, 0.25) is 0 Å². The average molecular weight is 309 g/mol. The largest absolute Gasteiger partial charge is 0.468 e. The number of carbonyl (C=O) groups excluding carboxylic acids is 2. The standard InChI is InChI=1S/C17H21ClO3/c1-11(2)17(16(20)21-3)9-8-13(15(17)19)10-12-4-6-14(18)7-5-12/h4-7,11,13H,8-10H2,1-3H3. The Kier molecular flexibility index (Phi) is 4.72. The van der Waals surface area contributed by atoms with Crippen LogP contribution in [0.5, 0.6) is 0 Å². The number of methoxy groups -OCH3 is 1. The van der Waals surface area contributed by atoms with Gasteiger partial charge in [0.1, 0.15) is 5.41 Å². The highest BCUT2D eigenvalue weighted by molar-refractivity contribution is 6.30. The van der Waals surface area contributed by atoms with E-state index in [9.17, 15) is 9.59 Å². The third-order valence-electron chi connectivity index (χ3n) is 4.63. The van der Waals surface area contributed by atoms with E-state index in [2.05, 4.69) is 0 Å². The zero-order chi connectivity index (χ0) is 15.6. The molecule has 3 nitrogen and oxygen atoms in total. The first-order valence-corrected chi connectivity index (χ1v) is 7.66. The van der Waals surface area contributed by atoms with Crippen molar-refractivity contribution >= 4 is 23.4 Å². The Labute approximate surface area is 130 Å². The van der Waals surface area contributed by atoms with Gasteiger partial charge in [-0.05, 0) is 42.9 Å². The fraction of sp³-hybridized carbons (Fsp3) is 0.529. The Morgan fingerprint density at radius 1 is 1.38 bits per heavy atom. The molecule has 1 aliphatic rings. The summed E-state index contributed by atoms with van der Waals surface area (Å²) in [5, 5.41) is 0.683. The van der Waals surface area contributed by atoms with Gasteiger partial charge in [0.05, 0.1) is 7.11 Å². The Morgan fingerprint density at radius 2 is 2.00 bits per heavy atom. The molecule has 2 atom stereocenters. The molecule has 1 aromatic rings. The van der Waals surface area contributed by atoms with Gasteiger partial charge in [-0.25, -0.2) is 0 Å². The van der Waals surface area contributed by atoms with Crippen LogP contribution in [0.3, 0.4) is 0 Å². The topological polar surface area (TPSA) is 43.4 Å². The van der Waals surface area contributed by atoms with Crippen LogP contribution in [0.4, 0.5) is 0 Å². The lowest BCUT2D eigenvalue weighted by Gasteiger charge is -2.29. The minimum absolute atomic E-state index is 0.0271. The Balaban J connectivity index is 2.20. The summed E-state index contributed by atoms with van der Waals surface area (Å²) in [5.74, 6) is -0.527. The monoisotopic (exact) mass is 308 g/mol. The summed E-state index contributed by atoms with van der Waals surface area (Å²) in [6.45, 7) is 3.83. The lowest BCUT2D eigenvalue weighted by molar-refractivity contribution is -0.160. The number of halogens is 1. The number of ether oxygens (including phenoxy) is 1. The molecule has 2 unspecified atom stereocenters. The fourth-order valence-electron chi connectivity index (χ4n) is 3.31. The molecule has 0 saturated heterocycles. The predicted octanol–water partition coefficient (Wildman–Crippen LogP) is 3.68. The number of Topliss-reactive ketones (excluding diaryl/α,β-unsaturated/α-hetero) is 1. The molecule has 1 saturated carbocycles. The van der Waals surface area contributed by atoms with Crippen LogP contribution in [0.15, 0.2) is 24.3 Å². The first-order chi connectivity index (χ1) is 9.91. The first-order valence-electron chi connectivity index (χ1n) is 7.29. The summed E-state index contributed by atoms with van der Waals surface area (Å²) in [6, 6.07) is 7.52. The molecule has 0 spiro atoms. The maximum atomic E-state index is 12.8. The van der Waals surface area contributed by atoms with Crippen molar-refractivity contribution in [2.24, 2.45) is 17.3 Å². The van der Waals surface area contributed by atoms with E-state index in [0.29, 0.717) is 17.9 Å². The van der Waals surface area contributed by atoms with Gasteiger partial charge in [-0.1, -0.05) is 37.6 Å². The quantitative estimate of drug-likeness (QED) is 0.629. The third kappa shape index (κ3) is 2.84. The van der Waals surface area contributed by atoms with Crippen LogP contribution in [-0.2, 0) is 20.7 Å². The Hall–Kier alpha value is -1.35. The van der Waals surface area contributed by atoms with Crippen molar-refractivity contribution in [2.75, 3.05) is 7.11 Å². The summed E-state index contributed by atoms with van der Waals surface area (Å²) in [6.07, 6.45) is 1.96. The highest BCUT2D eigenvalue weighted by Gasteiger charge is 2.55. The summed E-state index contributed by atoms with van der Waals surface area (Å²) in [4.78, 5) is 25.0. The summed E-state index contributed by atoms with van der Waals surface area (Å²) < 4.78 is 4.91. The highest BCUT2D eigenvalue weighted by atomic mass is 35.5. The van der Waals surface area contributed by atoms with E-state index in [-0.39, 0.29) is 23.6 Å². The van der Waals surface area contributed by atoms with Crippen molar-refractivity contribution < 1.29 is 14.3 Å². The summed E-state index contributed by atoms with van der Waals surface area (Å²) in [5.41, 5.74) is 0.105. The maximum Gasteiger partial charge on any atom is 0.319 e. The van der Waals surface area contributed by atoms with E-state index in [1.807, 2.05) is 38.1 Å². The van der Waals surface area contributed by atoms with Crippen LogP contribution in [0.2, 0.25) is 5.02 Å².